The molecule has 0 spiro atoms. The first-order valence-corrected chi connectivity index (χ1v) is 7.09. The first-order valence-electron chi connectivity index (χ1n) is 7.09. The van der Waals surface area contributed by atoms with Gasteiger partial charge in [-0.25, -0.2) is 4.68 Å². The standard InChI is InChI=1S/C15H18F3N3O/c1-2-13-12(7-4-8-19)14(22)21(20-13)11-6-3-5-10(9-11)15(16,17)18/h3,5-6,9,20H,2,4,7-8,19H2,1H3. The summed E-state index contributed by atoms with van der Waals surface area (Å²) < 4.78 is 39.5. The first-order chi connectivity index (χ1) is 10.4. The Bertz CT molecular complexity index is 701. The fourth-order valence-electron chi connectivity index (χ4n) is 2.35. The molecule has 0 saturated heterocycles. The maximum Gasteiger partial charge on any atom is 0.416 e. The summed E-state index contributed by atoms with van der Waals surface area (Å²) in [4.78, 5) is 12.4. The molecule has 0 aliphatic heterocycles. The molecule has 2 rings (SSSR count). The molecule has 22 heavy (non-hydrogen) atoms. The number of alkyl halides is 3. The summed E-state index contributed by atoms with van der Waals surface area (Å²) >= 11 is 0. The highest BCUT2D eigenvalue weighted by molar-refractivity contribution is 5.38. The van der Waals surface area contributed by atoms with Crippen molar-refractivity contribution in [2.24, 2.45) is 5.73 Å². The number of aryl methyl sites for hydroxylation is 1. The molecule has 1 aromatic heterocycles. The Kier molecular flexibility index (Phi) is 4.75. The number of rotatable bonds is 5. The Balaban J connectivity index is 2.49. The van der Waals surface area contributed by atoms with E-state index < -0.39 is 11.7 Å². The number of H-pyrrole nitrogens is 1. The van der Waals surface area contributed by atoms with Crippen molar-refractivity contribution in [3.05, 3.63) is 51.4 Å². The third-order valence-corrected chi connectivity index (χ3v) is 3.49. The highest BCUT2D eigenvalue weighted by atomic mass is 19.4. The minimum Gasteiger partial charge on any atom is -0.330 e. The molecule has 7 heteroatoms. The van der Waals surface area contributed by atoms with Gasteiger partial charge in [0, 0.05) is 11.3 Å². The van der Waals surface area contributed by atoms with Crippen LogP contribution in [0.4, 0.5) is 13.2 Å². The molecule has 2 aromatic rings. The van der Waals surface area contributed by atoms with Crippen LogP contribution < -0.4 is 11.3 Å². The normalized spacial score (nSPS) is 11.9. The molecule has 0 saturated carbocycles. The average Bonchev–Trinajstić information content (AvgIpc) is 2.80. The highest BCUT2D eigenvalue weighted by Crippen LogP contribution is 2.30. The van der Waals surface area contributed by atoms with Gasteiger partial charge in [-0.3, -0.25) is 9.89 Å². The molecule has 4 nitrogen and oxygen atoms in total. The first kappa shape index (κ1) is 16.4. The SMILES string of the molecule is CCc1[nH]n(-c2cccc(C(F)(F)F)c2)c(=O)c1CCCN. The van der Waals surface area contributed by atoms with Gasteiger partial charge >= 0.3 is 6.18 Å². The lowest BCUT2D eigenvalue weighted by Gasteiger charge is -2.08. The number of hydrogen-bond acceptors (Lipinski definition) is 2. The second-order valence-corrected chi connectivity index (χ2v) is 5.00. The minimum atomic E-state index is -4.44. The zero-order chi connectivity index (χ0) is 16.3. The second-order valence-electron chi connectivity index (χ2n) is 5.00. The van der Waals surface area contributed by atoms with Crippen molar-refractivity contribution in [2.45, 2.75) is 32.4 Å². The quantitative estimate of drug-likeness (QED) is 0.891. The van der Waals surface area contributed by atoms with Crippen LogP contribution in [0, 0.1) is 0 Å². The summed E-state index contributed by atoms with van der Waals surface area (Å²) in [5.74, 6) is 0. The number of benzene rings is 1. The average molecular weight is 313 g/mol. The van der Waals surface area contributed by atoms with E-state index in [0.29, 0.717) is 31.4 Å². The van der Waals surface area contributed by atoms with Crippen LogP contribution >= 0.6 is 0 Å². The van der Waals surface area contributed by atoms with Gasteiger partial charge in [-0.1, -0.05) is 13.0 Å². The summed E-state index contributed by atoms with van der Waals surface area (Å²) in [6.45, 7) is 2.34. The van der Waals surface area contributed by atoms with Crippen LogP contribution in [-0.2, 0) is 19.0 Å². The van der Waals surface area contributed by atoms with E-state index in [1.165, 1.54) is 16.8 Å². The monoisotopic (exact) mass is 313 g/mol. The third-order valence-electron chi connectivity index (χ3n) is 3.49. The number of nitrogens with two attached hydrogens (primary N) is 1. The van der Waals surface area contributed by atoms with E-state index in [1.54, 1.807) is 0 Å². The van der Waals surface area contributed by atoms with E-state index in [9.17, 15) is 18.0 Å². The van der Waals surface area contributed by atoms with Gasteiger partial charge in [0.25, 0.3) is 5.56 Å². The van der Waals surface area contributed by atoms with Crippen LogP contribution in [0.25, 0.3) is 5.69 Å². The maximum atomic E-state index is 12.8. The molecule has 120 valence electrons. The van der Waals surface area contributed by atoms with Crippen LogP contribution in [0.1, 0.15) is 30.2 Å². The van der Waals surface area contributed by atoms with Crippen molar-refractivity contribution < 1.29 is 13.2 Å². The van der Waals surface area contributed by atoms with Crippen LogP contribution in [0.2, 0.25) is 0 Å². The largest absolute Gasteiger partial charge is 0.416 e. The molecular weight excluding hydrogens is 295 g/mol. The maximum absolute atomic E-state index is 12.8. The number of nitrogens with zero attached hydrogens (tertiary/aromatic N) is 1. The molecule has 0 radical (unpaired) electrons. The lowest BCUT2D eigenvalue weighted by molar-refractivity contribution is -0.137. The number of aromatic nitrogens is 2. The fourth-order valence-corrected chi connectivity index (χ4v) is 2.35. The zero-order valence-corrected chi connectivity index (χ0v) is 12.2. The Morgan fingerprint density at radius 3 is 2.64 bits per heavy atom. The number of aromatic amines is 1. The summed E-state index contributed by atoms with van der Waals surface area (Å²) in [7, 11) is 0. The van der Waals surface area contributed by atoms with E-state index >= 15 is 0 Å². The third kappa shape index (κ3) is 3.24. The van der Waals surface area contributed by atoms with Gasteiger partial charge in [0.1, 0.15) is 0 Å². The van der Waals surface area contributed by atoms with E-state index in [0.717, 1.165) is 17.8 Å². The van der Waals surface area contributed by atoms with E-state index in [2.05, 4.69) is 5.10 Å². The summed E-state index contributed by atoms with van der Waals surface area (Å²) in [5, 5.41) is 2.90. The predicted octanol–water partition coefficient (Wildman–Crippen LogP) is 2.64. The number of hydrogen-bond donors (Lipinski definition) is 2. The Morgan fingerprint density at radius 2 is 2.05 bits per heavy atom. The smallest absolute Gasteiger partial charge is 0.330 e. The fraction of sp³-hybridized carbons (Fsp3) is 0.400. The lowest BCUT2D eigenvalue weighted by atomic mass is 10.1. The van der Waals surface area contributed by atoms with Crippen LogP contribution in [-0.4, -0.2) is 16.3 Å². The molecule has 0 aliphatic rings. The van der Waals surface area contributed by atoms with Crippen molar-refractivity contribution in [2.75, 3.05) is 6.54 Å². The van der Waals surface area contributed by atoms with Crippen LogP contribution in [0.5, 0.6) is 0 Å². The minimum absolute atomic E-state index is 0.175. The van der Waals surface area contributed by atoms with Gasteiger partial charge in [-0.15, -0.1) is 0 Å². The predicted molar refractivity (Wildman–Crippen MR) is 78.1 cm³/mol. The van der Waals surface area contributed by atoms with Crippen molar-refractivity contribution in [3.63, 3.8) is 0 Å². The Hall–Kier alpha value is -2.02. The van der Waals surface area contributed by atoms with Crippen molar-refractivity contribution in [1.29, 1.82) is 0 Å². The number of halogens is 3. The van der Waals surface area contributed by atoms with Crippen LogP contribution in [0.15, 0.2) is 29.1 Å². The molecule has 0 amide bonds. The zero-order valence-electron chi connectivity index (χ0n) is 12.2. The van der Waals surface area contributed by atoms with Crippen molar-refractivity contribution in [1.82, 2.24) is 9.78 Å². The molecule has 3 N–H and O–H groups in total. The van der Waals surface area contributed by atoms with E-state index in [4.69, 9.17) is 5.73 Å². The van der Waals surface area contributed by atoms with Gasteiger partial charge in [-0.05, 0) is 44.0 Å². The van der Waals surface area contributed by atoms with Gasteiger partial charge in [0.15, 0.2) is 0 Å². The highest BCUT2D eigenvalue weighted by Gasteiger charge is 2.30. The Morgan fingerprint density at radius 1 is 1.32 bits per heavy atom. The topological polar surface area (TPSA) is 63.8 Å². The molecule has 1 heterocycles. The van der Waals surface area contributed by atoms with Gasteiger partial charge in [0.2, 0.25) is 0 Å². The molecule has 0 aliphatic carbocycles. The van der Waals surface area contributed by atoms with E-state index in [-0.39, 0.29) is 11.2 Å². The van der Waals surface area contributed by atoms with Crippen molar-refractivity contribution in [3.8, 4) is 5.69 Å². The molecule has 0 atom stereocenters. The molecule has 1 aromatic carbocycles. The second kappa shape index (κ2) is 6.39. The van der Waals surface area contributed by atoms with Gasteiger partial charge in [0.05, 0.1) is 11.3 Å². The lowest BCUT2D eigenvalue weighted by Crippen LogP contribution is -2.18. The summed E-state index contributed by atoms with van der Waals surface area (Å²) in [5.41, 5.74) is 5.86. The Labute approximate surface area is 125 Å². The van der Waals surface area contributed by atoms with Gasteiger partial charge < -0.3 is 5.73 Å². The van der Waals surface area contributed by atoms with Crippen molar-refractivity contribution >= 4 is 0 Å². The molecule has 0 bridgehead atoms. The summed E-state index contributed by atoms with van der Waals surface area (Å²) in [6.07, 6.45) is -2.67. The molecular formula is C15H18F3N3O. The number of nitrogens with one attached hydrogen (secondary N) is 1. The van der Waals surface area contributed by atoms with E-state index in [1.807, 2.05) is 6.92 Å². The van der Waals surface area contributed by atoms with Gasteiger partial charge in [-0.2, -0.15) is 13.2 Å². The molecule has 0 fully saturated rings. The molecule has 0 unspecified atom stereocenters. The summed E-state index contributed by atoms with van der Waals surface area (Å²) in [6, 6.07) is 4.70. The van der Waals surface area contributed by atoms with Crippen LogP contribution in [0.3, 0.4) is 0 Å².